The number of nitrogens with one attached hydrogen (secondary N) is 1. The molecule has 1 aromatic carbocycles. The van der Waals surface area contributed by atoms with Crippen molar-refractivity contribution in [3.63, 3.8) is 0 Å². The molecule has 154 valence electrons. The standard InChI is InChI=1S/C20H20N6O3S/c21-17(27)12-7-13(10-23-9-12)24-18(28)19(29)26-6-2-1-3-15(26)11-4-5-16-14(8-11)25-20(22)30-16/h4-5,7-10,15H,1-3,6H2,(H2,21,27)(H2,22,25)(H,24,28)/t15-/m0/s1. The van der Waals surface area contributed by atoms with E-state index in [4.69, 9.17) is 11.5 Å². The zero-order valence-electron chi connectivity index (χ0n) is 16.0. The Hall–Kier alpha value is -3.53. The molecule has 9 nitrogen and oxygen atoms in total. The molecule has 0 spiro atoms. The van der Waals surface area contributed by atoms with Crippen LogP contribution in [0.4, 0.5) is 10.8 Å². The average Bonchev–Trinajstić information content (AvgIpc) is 3.12. The molecule has 5 N–H and O–H groups in total. The second kappa shape index (κ2) is 8.07. The van der Waals surface area contributed by atoms with E-state index < -0.39 is 17.7 Å². The molecular formula is C20H20N6O3S. The maximum Gasteiger partial charge on any atom is 0.313 e. The van der Waals surface area contributed by atoms with Gasteiger partial charge in [0.15, 0.2) is 5.13 Å². The SMILES string of the molecule is NC(=O)c1cncc(NC(=O)C(=O)N2CCCC[C@H]2c2ccc3sc(N)nc3c2)c1. The predicted octanol–water partition coefficient (Wildman–Crippen LogP) is 2.06. The first-order chi connectivity index (χ1) is 14.4. The highest BCUT2D eigenvalue weighted by Gasteiger charge is 2.32. The second-order valence-electron chi connectivity index (χ2n) is 7.07. The number of nitrogens with zero attached hydrogens (tertiary/aromatic N) is 3. The van der Waals surface area contributed by atoms with Crippen LogP contribution in [0.1, 0.15) is 41.2 Å². The Bertz CT molecular complexity index is 1140. The summed E-state index contributed by atoms with van der Waals surface area (Å²) < 4.78 is 0.976. The molecular weight excluding hydrogens is 404 g/mol. The highest BCUT2D eigenvalue weighted by atomic mass is 32.1. The largest absolute Gasteiger partial charge is 0.375 e. The van der Waals surface area contributed by atoms with Gasteiger partial charge >= 0.3 is 11.8 Å². The number of carbonyl (C=O) groups excluding carboxylic acids is 3. The Morgan fingerprint density at radius 3 is 2.80 bits per heavy atom. The molecule has 0 unspecified atom stereocenters. The predicted molar refractivity (Wildman–Crippen MR) is 114 cm³/mol. The topological polar surface area (TPSA) is 144 Å². The molecule has 0 bridgehead atoms. The normalized spacial score (nSPS) is 16.4. The number of anilines is 2. The van der Waals surface area contributed by atoms with E-state index in [0.29, 0.717) is 11.7 Å². The van der Waals surface area contributed by atoms with Crippen LogP contribution in [0.15, 0.2) is 36.7 Å². The van der Waals surface area contributed by atoms with E-state index in [1.807, 2.05) is 18.2 Å². The average molecular weight is 424 g/mol. The lowest BCUT2D eigenvalue weighted by molar-refractivity contribution is -0.145. The van der Waals surface area contributed by atoms with E-state index in [1.165, 1.54) is 29.8 Å². The van der Waals surface area contributed by atoms with Gasteiger partial charge in [-0.05, 0) is 43.0 Å². The van der Waals surface area contributed by atoms with Crippen LogP contribution in [0.5, 0.6) is 0 Å². The third kappa shape index (κ3) is 3.94. The van der Waals surface area contributed by atoms with Gasteiger partial charge < -0.3 is 21.7 Å². The van der Waals surface area contributed by atoms with Gasteiger partial charge in [0.25, 0.3) is 0 Å². The van der Waals surface area contributed by atoms with Crippen LogP contribution in [0.2, 0.25) is 0 Å². The summed E-state index contributed by atoms with van der Waals surface area (Å²) in [5.74, 6) is -2.09. The third-order valence-corrected chi connectivity index (χ3v) is 5.92. The minimum absolute atomic E-state index is 0.145. The number of nitrogen functional groups attached to an aromatic ring is 1. The lowest BCUT2D eigenvalue weighted by Gasteiger charge is -2.35. The number of pyridine rings is 1. The van der Waals surface area contributed by atoms with Crippen molar-refractivity contribution in [2.24, 2.45) is 5.73 Å². The van der Waals surface area contributed by atoms with Gasteiger partial charge in [-0.25, -0.2) is 4.98 Å². The van der Waals surface area contributed by atoms with Gasteiger partial charge in [0.1, 0.15) is 0 Å². The zero-order chi connectivity index (χ0) is 21.3. The number of likely N-dealkylation sites (tertiary alicyclic amines) is 1. The van der Waals surface area contributed by atoms with Gasteiger partial charge in [-0.3, -0.25) is 19.4 Å². The molecule has 3 amide bonds. The van der Waals surface area contributed by atoms with Gasteiger partial charge in [-0.15, -0.1) is 0 Å². The van der Waals surface area contributed by atoms with Crippen molar-refractivity contribution in [3.05, 3.63) is 47.8 Å². The number of amides is 3. The fraction of sp³-hybridized carbons (Fsp3) is 0.250. The molecule has 0 saturated carbocycles. The van der Waals surface area contributed by atoms with Crippen molar-refractivity contribution < 1.29 is 14.4 Å². The fourth-order valence-corrected chi connectivity index (χ4v) is 4.36. The third-order valence-electron chi connectivity index (χ3n) is 5.05. The first-order valence-corrected chi connectivity index (χ1v) is 10.3. The van der Waals surface area contributed by atoms with Gasteiger partial charge in [0.2, 0.25) is 5.91 Å². The van der Waals surface area contributed by atoms with E-state index in [9.17, 15) is 14.4 Å². The fourth-order valence-electron chi connectivity index (χ4n) is 3.65. The van der Waals surface area contributed by atoms with Crippen LogP contribution >= 0.6 is 11.3 Å². The molecule has 1 aliphatic rings. The molecule has 3 heterocycles. The molecule has 1 fully saturated rings. The Morgan fingerprint density at radius 1 is 1.17 bits per heavy atom. The summed E-state index contributed by atoms with van der Waals surface area (Å²) in [5.41, 5.74) is 13.1. The highest BCUT2D eigenvalue weighted by molar-refractivity contribution is 7.22. The quantitative estimate of drug-likeness (QED) is 0.549. The number of benzene rings is 1. The maximum absolute atomic E-state index is 12.9. The number of aromatic nitrogens is 2. The molecule has 4 rings (SSSR count). The lowest BCUT2D eigenvalue weighted by atomic mass is 9.95. The monoisotopic (exact) mass is 424 g/mol. The number of fused-ring (bicyclic) bond motifs is 1. The molecule has 2 aromatic heterocycles. The number of nitrogens with two attached hydrogens (primary N) is 2. The molecule has 0 aliphatic carbocycles. The van der Waals surface area contributed by atoms with Crippen molar-refractivity contribution >= 4 is 50.1 Å². The van der Waals surface area contributed by atoms with Crippen LogP contribution in [0.25, 0.3) is 10.2 Å². The van der Waals surface area contributed by atoms with Crippen molar-refractivity contribution in [1.29, 1.82) is 0 Å². The number of thiazole rings is 1. The van der Waals surface area contributed by atoms with Gasteiger partial charge in [0, 0.05) is 12.7 Å². The summed E-state index contributed by atoms with van der Waals surface area (Å²) in [4.78, 5) is 46.6. The molecule has 1 aliphatic heterocycles. The molecule has 0 radical (unpaired) electrons. The van der Waals surface area contributed by atoms with Crippen molar-refractivity contribution in [1.82, 2.24) is 14.9 Å². The second-order valence-corrected chi connectivity index (χ2v) is 8.13. The van der Waals surface area contributed by atoms with E-state index in [1.54, 1.807) is 4.90 Å². The lowest BCUT2D eigenvalue weighted by Crippen LogP contribution is -2.44. The van der Waals surface area contributed by atoms with Gasteiger partial charge in [-0.2, -0.15) is 0 Å². The van der Waals surface area contributed by atoms with Crippen LogP contribution in [-0.2, 0) is 9.59 Å². The first kappa shape index (κ1) is 19.8. The number of carbonyl (C=O) groups is 3. The molecule has 10 heteroatoms. The zero-order valence-corrected chi connectivity index (χ0v) is 16.8. The summed E-state index contributed by atoms with van der Waals surface area (Å²) in [7, 11) is 0. The van der Waals surface area contributed by atoms with Crippen LogP contribution in [-0.4, -0.2) is 39.1 Å². The van der Waals surface area contributed by atoms with Crippen LogP contribution < -0.4 is 16.8 Å². The summed E-state index contributed by atoms with van der Waals surface area (Å²) >= 11 is 1.41. The van der Waals surface area contributed by atoms with Crippen molar-refractivity contribution in [3.8, 4) is 0 Å². The summed E-state index contributed by atoms with van der Waals surface area (Å²) in [5, 5.41) is 3.00. The van der Waals surface area contributed by atoms with E-state index in [2.05, 4.69) is 15.3 Å². The first-order valence-electron chi connectivity index (χ1n) is 9.45. The Labute approximate surface area is 176 Å². The van der Waals surface area contributed by atoms with Crippen molar-refractivity contribution in [2.75, 3.05) is 17.6 Å². The molecule has 1 atom stereocenters. The molecule has 30 heavy (non-hydrogen) atoms. The summed E-state index contributed by atoms with van der Waals surface area (Å²) in [6.07, 6.45) is 5.18. The number of hydrogen-bond donors (Lipinski definition) is 3. The Balaban J connectivity index is 1.55. The number of piperidine rings is 1. The summed E-state index contributed by atoms with van der Waals surface area (Å²) in [6, 6.07) is 6.98. The Kier molecular flexibility index (Phi) is 5.32. The van der Waals surface area contributed by atoms with E-state index in [0.717, 1.165) is 35.0 Å². The van der Waals surface area contributed by atoms with Gasteiger partial charge in [0.05, 0.1) is 33.7 Å². The number of primary amides is 1. The van der Waals surface area contributed by atoms with Gasteiger partial charge in [-0.1, -0.05) is 17.4 Å². The number of hydrogen-bond acceptors (Lipinski definition) is 7. The Morgan fingerprint density at radius 2 is 2.00 bits per heavy atom. The van der Waals surface area contributed by atoms with Crippen LogP contribution in [0, 0.1) is 0 Å². The van der Waals surface area contributed by atoms with Crippen molar-refractivity contribution in [2.45, 2.75) is 25.3 Å². The minimum Gasteiger partial charge on any atom is -0.375 e. The summed E-state index contributed by atoms with van der Waals surface area (Å²) in [6.45, 7) is 0.480. The molecule has 1 saturated heterocycles. The maximum atomic E-state index is 12.9. The van der Waals surface area contributed by atoms with E-state index >= 15 is 0 Å². The molecule has 3 aromatic rings. The van der Waals surface area contributed by atoms with E-state index in [-0.39, 0.29) is 17.3 Å². The number of rotatable bonds is 3. The van der Waals surface area contributed by atoms with Crippen LogP contribution in [0.3, 0.4) is 0 Å². The smallest absolute Gasteiger partial charge is 0.313 e. The highest BCUT2D eigenvalue weighted by Crippen LogP contribution is 2.34. The minimum atomic E-state index is -0.788.